The zero-order valence-electron chi connectivity index (χ0n) is 11.2. The van der Waals surface area contributed by atoms with E-state index >= 15 is 0 Å². The smallest absolute Gasteiger partial charge is 0.239 e. The highest BCUT2D eigenvalue weighted by atomic mass is 16.5. The summed E-state index contributed by atoms with van der Waals surface area (Å²) in [6.07, 6.45) is 5.38. The van der Waals surface area contributed by atoms with Gasteiger partial charge in [0.2, 0.25) is 5.91 Å². The standard InChI is InChI=1S/C13H26N2O2/c1-3-8-14-12-7-10-15(13(12)16)9-5-4-6-11-17-2/h12,14H,3-11H2,1-2H3. The summed E-state index contributed by atoms with van der Waals surface area (Å²) in [5.41, 5.74) is 0. The highest BCUT2D eigenvalue weighted by molar-refractivity contribution is 5.83. The maximum Gasteiger partial charge on any atom is 0.239 e. The van der Waals surface area contributed by atoms with Gasteiger partial charge in [-0.3, -0.25) is 4.79 Å². The molecule has 0 aromatic rings. The molecule has 1 aliphatic heterocycles. The molecule has 1 fully saturated rings. The van der Waals surface area contributed by atoms with E-state index in [1.807, 2.05) is 4.90 Å². The average Bonchev–Trinajstić information content (AvgIpc) is 2.68. The van der Waals surface area contributed by atoms with Crippen LogP contribution in [0.15, 0.2) is 0 Å². The summed E-state index contributed by atoms with van der Waals surface area (Å²) in [5, 5.41) is 3.31. The maximum atomic E-state index is 12.0. The zero-order valence-corrected chi connectivity index (χ0v) is 11.2. The largest absolute Gasteiger partial charge is 0.385 e. The van der Waals surface area contributed by atoms with Gasteiger partial charge in [0, 0.05) is 26.8 Å². The topological polar surface area (TPSA) is 41.6 Å². The van der Waals surface area contributed by atoms with Crippen LogP contribution in [-0.2, 0) is 9.53 Å². The molecule has 1 atom stereocenters. The van der Waals surface area contributed by atoms with Crippen LogP contribution < -0.4 is 5.32 Å². The first kappa shape index (κ1) is 14.5. The van der Waals surface area contributed by atoms with E-state index in [4.69, 9.17) is 4.74 Å². The summed E-state index contributed by atoms with van der Waals surface area (Å²) >= 11 is 0. The minimum atomic E-state index is 0.0777. The van der Waals surface area contributed by atoms with Gasteiger partial charge >= 0.3 is 0 Å². The summed E-state index contributed by atoms with van der Waals surface area (Å²) in [6.45, 7) is 5.73. The van der Waals surface area contributed by atoms with Crippen LogP contribution in [0.25, 0.3) is 0 Å². The van der Waals surface area contributed by atoms with Gasteiger partial charge in [-0.25, -0.2) is 0 Å². The molecule has 0 saturated carbocycles. The van der Waals surface area contributed by atoms with Crippen LogP contribution in [0.1, 0.15) is 39.0 Å². The number of nitrogens with zero attached hydrogens (tertiary/aromatic N) is 1. The fraction of sp³-hybridized carbons (Fsp3) is 0.923. The Morgan fingerprint density at radius 2 is 2.24 bits per heavy atom. The molecule has 1 rings (SSSR count). The third-order valence-corrected chi connectivity index (χ3v) is 3.21. The second-order valence-electron chi connectivity index (χ2n) is 4.67. The number of rotatable bonds is 9. The molecule has 17 heavy (non-hydrogen) atoms. The number of amides is 1. The molecule has 4 nitrogen and oxygen atoms in total. The molecule has 1 aliphatic rings. The molecular weight excluding hydrogens is 216 g/mol. The molecule has 1 heterocycles. The first-order valence-corrected chi connectivity index (χ1v) is 6.80. The SMILES string of the molecule is CCCNC1CCN(CCCCCOC)C1=O. The van der Waals surface area contributed by atoms with E-state index in [2.05, 4.69) is 12.2 Å². The Morgan fingerprint density at radius 3 is 2.94 bits per heavy atom. The summed E-state index contributed by atoms with van der Waals surface area (Å²) in [6, 6.07) is 0.0777. The van der Waals surface area contributed by atoms with Gasteiger partial charge < -0.3 is 15.0 Å². The Bertz CT molecular complexity index is 221. The van der Waals surface area contributed by atoms with Gasteiger partial charge in [0.1, 0.15) is 0 Å². The van der Waals surface area contributed by atoms with Gasteiger partial charge in [0.15, 0.2) is 0 Å². The Balaban J connectivity index is 2.12. The molecule has 0 aromatic heterocycles. The molecule has 1 unspecified atom stereocenters. The minimum Gasteiger partial charge on any atom is -0.385 e. The van der Waals surface area contributed by atoms with Crippen molar-refractivity contribution in [3.05, 3.63) is 0 Å². The monoisotopic (exact) mass is 242 g/mol. The summed E-state index contributed by atoms with van der Waals surface area (Å²) in [4.78, 5) is 14.0. The van der Waals surface area contributed by atoms with E-state index in [-0.39, 0.29) is 6.04 Å². The van der Waals surface area contributed by atoms with Crippen LogP contribution in [0, 0.1) is 0 Å². The number of nitrogens with one attached hydrogen (secondary N) is 1. The lowest BCUT2D eigenvalue weighted by Crippen LogP contribution is -2.38. The molecule has 0 bridgehead atoms. The summed E-state index contributed by atoms with van der Waals surface area (Å²) < 4.78 is 5.01. The molecule has 0 radical (unpaired) electrons. The Labute approximate surface area is 105 Å². The molecule has 0 aliphatic carbocycles. The van der Waals surface area contributed by atoms with E-state index in [0.717, 1.165) is 58.3 Å². The highest BCUT2D eigenvalue weighted by Crippen LogP contribution is 2.12. The van der Waals surface area contributed by atoms with Crippen LogP contribution in [0.4, 0.5) is 0 Å². The second kappa shape index (κ2) is 8.48. The lowest BCUT2D eigenvalue weighted by molar-refractivity contribution is -0.129. The highest BCUT2D eigenvalue weighted by Gasteiger charge is 2.30. The van der Waals surface area contributed by atoms with Gasteiger partial charge in [-0.1, -0.05) is 6.92 Å². The normalized spacial score (nSPS) is 20.2. The van der Waals surface area contributed by atoms with E-state index in [9.17, 15) is 4.79 Å². The molecule has 4 heteroatoms. The number of hydrogen-bond donors (Lipinski definition) is 1. The van der Waals surface area contributed by atoms with E-state index in [0.29, 0.717) is 5.91 Å². The van der Waals surface area contributed by atoms with E-state index in [1.165, 1.54) is 0 Å². The molecule has 0 spiro atoms. The van der Waals surface area contributed by atoms with E-state index in [1.54, 1.807) is 7.11 Å². The first-order chi connectivity index (χ1) is 8.29. The summed E-state index contributed by atoms with van der Waals surface area (Å²) in [5.74, 6) is 0.296. The van der Waals surface area contributed by atoms with Gasteiger partial charge in [-0.05, 0) is 38.6 Å². The number of hydrogen-bond acceptors (Lipinski definition) is 3. The van der Waals surface area contributed by atoms with Crippen LogP contribution >= 0.6 is 0 Å². The van der Waals surface area contributed by atoms with Crippen molar-refractivity contribution >= 4 is 5.91 Å². The lowest BCUT2D eigenvalue weighted by Gasteiger charge is -2.16. The quantitative estimate of drug-likeness (QED) is 0.621. The van der Waals surface area contributed by atoms with Crippen LogP contribution in [0.2, 0.25) is 0 Å². The van der Waals surface area contributed by atoms with Gasteiger partial charge in [0.05, 0.1) is 6.04 Å². The maximum absolute atomic E-state index is 12.0. The van der Waals surface area contributed by atoms with Gasteiger partial charge in [-0.2, -0.15) is 0 Å². The predicted molar refractivity (Wildman–Crippen MR) is 69.0 cm³/mol. The first-order valence-electron chi connectivity index (χ1n) is 6.80. The average molecular weight is 242 g/mol. The summed E-state index contributed by atoms with van der Waals surface area (Å²) in [7, 11) is 1.73. The van der Waals surface area contributed by atoms with E-state index < -0.39 is 0 Å². The molecule has 1 amide bonds. The van der Waals surface area contributed by atoms with Crippen molar-refractivity contribution in [2.75, 3.05) is 33.4 Å². The van der Waals surface area contributed by atoms with Crippen molar-refractivity contribution in [2.45, 2.75) is 45.1 Å². The predicted octanol–water partition coefficient (Wildman–Crippen LogP) is 1.40. The number of methoxy groups -OCH3 is 1. The van der Waals surface area contributed by atoms with Gasteiger partial charge in [-0.15, -0.1) is 0 Å². The number of carbonyl (C=O) groups is 1. The van der Waals surface area contributed by atoms with Gasteiger partial charge in [0.25, 0.3) is 0 Å². The number of unbranched alkanes of at least 4 members (excludes halogenated alkanes) is 2. The lowest BCUT2D eigenvalue weighted by atomic mass is 10.2. The van der Waals surface area contributed by atoms with Crippen LogP contribution in [0.3, 0.4) is 0 Å². The third kappa shape index (κ3) is 5.04. The van der Waals surface area contributed by atoms with Crippen molar-refractivity contribution in [3.63, 3.8) is 0 Å². The zero-order chi connectivity index (χ0) is 12.5. The molecular formula is C13H26N2O2. The fourth-order valence-corrected chi connectivity index (χ4v) is 2.19. The number of ether oxygens (including phenoxy) is 1. The molecule has 100 valence electrons. The Hall–Kier alpha value is -0.610. The number of carbonyl (C=O) groups excluding carboxylic acids is 1. The fourth-order valence-electron chi connectivity index (χ4n) is 2.19. The second-order valence-corrected chi connectivity index (χ2v) is 4.67. The number of likely N-dealkylation sites (tertiary alicyclic amines) is 1. The Kier molecular flexibility index (Phi) is 7.21. The molecule has 1 N–H and O–H groups in total. The van der Waals surface area contributed by atoms with Crippen LogP contribution in [-0.4, -0.2) is 50.2 Å². The molecule has 0 aromatic carbocycles. The Morgan fingerprint density at radius 1 is 1.41 bits per heavy atom. The molecule has 1 saturated heterocycles. The van der Waals surface area contributed by atoms with Crippen molar-refractivity contribution in [3.8, 4) is 0 Å². The van der Waals surface area contributed by atoms with Crippen molar-refractivity contribution in [1.82, 2.24) is 10.2 Å². The van der Waals surface area contributed by atoms with Crippen molar-refractivity contribution in [2.24, 2.45) is 0 Å². The van der Waals surface area contributed by atoms with Crippen molar-refractivity contribution in [1.29, 1.82) is 0 Å². The van der Waals surface area contributed by atoms with Crippen molar-refractivity contribution < 1.29 is 9.53 Å². The van der Waals surface area contributed by atoms with Crippen LogP contribution in [0.5, 0.6) is 0 Å². The third-order valence-electron chi connectivity index (χ3n) is 3.21. The minimum absolute atomic E-state index is 0.0777.